The third-order valence-electron chi connectivity index (χ3n) is 4.39. The van der Waals surface area contributed by atoms with E-state index in [4.69, 9.17) is 10.5 Å². The van der Waals surface area contributed by atoms with Crippen LogP contribution in [0.1, 0.15) is 37.2 Å². The number of benzene rings is 1. The lowest BCUT2D eigenvalue weighted by molar-refractivity contribution is 0.117. The number of hydrogen-bond acceptors (Lipinski definition) is 2. The smallest absolute Gasteiger partial charge is 0.188 e. The Morgan fingerprint density at radius 1 is 1.45 bits per heavy atom. The summed E-state index contributed by atoms with van der Waals surface area (Å²) in [5, 5.41) is 3.25. The van der Waals surface area contributed by atoms with Crippen molar-refractivity contribution in [1.82, 2.24) is 5.32 Å². The molecule has 1 atom stereocenters. The van der Waals surface area contributed by atoms with E-state index in [0.29, 0.717) is 28.9 Å². The van der Waals surface area contributed by atoms with Crippen LogP contribution in [0.2, 0.25) is 0 Å². The Morgan fingerprint density at radius 2 is 2.27 bits per heavy atom. The van der Waals surface area contributed by atoms with Crippen LogP contribution in [0.3, 0.4) is 0 Å². The van der Waals surface area contributed by atoms with E-state index in [1.165, 1.54) is 11.6 Å². The Hall–Kier alpha value is -1.14. The predicted molar refractivity (Wildman–Crippen MR) is 88.5 cm³/mol. The summed E-state index contributed by atoms with van der Waals surface area (Å²) in [5.74, 6) is 0.739. The number of hydrogen-bond donors (Lipinski definition) is 2. The SMILES string of the molecule is NC(=NCC1CCCO1)NC1CC(c2ccc(F)c(Br)c2)C1. The molecule has 1 aliphatic heterocycles. The van der Waals surface area contributed by atoms with Crippen molar-refractivity contribution in [3.05, 3.63) is 34.1 Å². The van der Waals surface area contributed by atoms with Gasteiger partial charge in [-0.05, 0) is 65.2 Å². The summed E-state index contributed by atoms with van der Waals surface area (Å²) >= 11 is 3.23. The van der Waals surface area contributed by atoms with Crippen LogP contribution in [0.15, 0.2) is 27.7 Å². The van der Waals surface area contributed by atoms with E-state index < -0.39 is 0 Å². The van der Waals surface area contributed by atoms with Crippen molar-refractivity contribution in [3.63, 3.8) is 0 Å². The van der Waals surface area contributed by atoms with E-state index >= 15 is 0 Å². The number of rotatable bonds is 4. The quantitative estimate of drug-likeness (QED) is 0.633. The van der Waals surface area contributed by atoms with Crippen LogP contribution < -0.4 is 11.1 Å². The summed E-state index contributed by atoms with van der Waals surface area (Å²) in [7, 11) is 0. The first-order valence-electron chi connectivity index (χ1n) is 7.75. The number of aliphatic imine (C=N–C) groups is 1. The zero-order chi connectivity index (χ0) is 15.5. The molecule has 0 spiro atoms. The van der Waals surface area contributed by atoms with Crippen LogP contribution in [0.25, 0.3) is 0 Å². The summed E-state index contributed by atoms with van der Waals surface area (Å²) < 4.78 is 19.3. The average Bonchev–Trinajstić information content (AvgIpc) is 2.97. The maximum atomic E-state index is 13.2. The van der Waals surface area contributed by atoms with Gasteiger partial charge in [0.1, 0.15) is 5.82 Å². The second-order valence-electron chi connectivity index (χ2n) is 6.04. The Balaban J connectivity index is 1.44. The molecule has 1 saturated heterocycles. The third-order valence-corrected chi connectivity index (χ3v) is 5.00. The van der Waals surface area contributed by atoms with Crippen molar-refractivity contribution in [2.75, 3.05) is 13.2 Å². The minimum Gasteiger partial charge on any atom is -0.376 e. The van der Waals surface area contributed by atoms with Gasteiger partial charge in [0.15, 0.2) is 5.96 Å². The van der Waals surface area contributed by atoms with Crippen molar-refractivity contribution in [2.45, 2.75) is 43.7 Å². The summed E-state index contributed by atoms with van der Waals surface area (Å²) in [6.07, 6.45) is 4.40. The van der Waals surface area contributed by atoms with Crippen LogP contribution in [-0.2, 0) is 4.74 Å². The van der Waals surface area contributed by atoms with E-state index in [1.54, 1.807) is 0 Å². The van der Waals surface area contributed by atoms with E-state index in [1.807, 2.05) is 12.1 Å². The molecular formula is C16H21BrFN3O. The molecule has 0 bridgehead atoms. The molecule has 0 aromatic heterocycles. The molecule has 1 heterocycles. The van der Waals surface area contributed by atoms with Crippen LogP contribution in [-0.4, -0.2) is 31.3 Å². The first kappa shape index (κ1) is 15.7. The number of guanidine groups is 1. The van der Waals surface area contributed by atoms with Gasteiger partial charge in [-0.25, -0.2) is 4.39 Å². The van der Waals surface area contributed by atoms with Crippen LogP contribution >= 0.6 is 15.9 Å². The summed E-state index contributed by atoms with van der Waals surface area (Å²) in [6.45, 7) is 1.48. The van der Waals surface area contributed by atoms with Crippen LogP contribution in [0.4, 0.5) is 4.39 Å². The van der Waals surface area contributed by atoms with Gasteiger partial charge in [-0.2, -0.15) is 0 Å². The number of nitrogens with one attached hydrogen (secondary N) is 1. The number of halogens is 2. The summed E-state index contributed by atoms with van der Waals surface area (Å²) in [6, 6.07) is 5.58. The average molecular weight is 370 g/mol. The Morgan fingerprint density at radius 3 is 2.95 bits per heavy atom. The maximum absolute atomic E-state index is 13.2. The number of ether oxygens (including phenoxy) is 1. The molecule has 0 radical (unpaired) electrons. The van der Waals surface area contributed by atoms with Crippen molar-refractivity contribution in [3.8, 4) is 0 Å². The molecule has 1 saturated carbocycles. The van der Waals surface area contributed by atoms with Crippen molar-refractivity contribution >= 4 is 21.9 Å². The zero-order valence-electron chi connectivity index (χ0n) is 12.4. The molecule has 1 aliphatic carbocycles. The molecule has 6 heteroatoms. The summed E-state index contributed by atoms with van der Waals surface area (Å²) in [5.41, 5.74) is 7.08. The highest BCUT2D eigenvalue weighted by atomic mass is 79.9. The summed E-state index contributed by atoms with van der Waals surface area (Å²) in [4.78, 5) is 4.35. The van der Waals surface area contributed by atoms with Crippen molar-refractivity contribution in [2.24, 2.45) is 10.7 Å². The predicted octanol–water partition coefficient (Wildman–Crippen LogP) is 2.92. The third kappa shape index (κ3) is 3.79. The second kappa shape index (κ2) is 6.96. The fourth-order valence-electron chi connectivity index (χ4n) is 3.02. The molecule has 4 nitrogen and oxygen atoms in total. The minimum atomic E-state index is -0.219. The van der Waals surface area contributed by atoms with Gasteiger partial charge < -0.3 is 15.8 Å². The monoisotopic (exact) mass is 369 g/mol. The molecule has 22 heavy (non-hydrogen) atoms. The highest BCUT2D eigenvalue weighted by Crippen LogP contribution is 2.38. The molecular weight excluding hydrogens is 349 g/mol. The van der Waals surface area contributed by atoms with E-state index in [-0.39, 0.29) is 11.9 Å². The lowest BCUT2D eigenvalue weighted by Crippen LogP contribution is -2.46. The highest BCUT2D eigenvalue weighted by Gasteiger charge is 2.31. The number of nitrogens with two attached hydrogens (primary N) is 1. The Kier molecular flexibility index (Phi) is 4.98. The normalized spacial score (nSPS) is 28.5. The first-order chi connectivity index (χ1) is 10.6. The largest absolute Gasteiger partial charge is 0.376 e. The van der Waals surface area contributed by atoms with E-state index in [0.717, 1.165) is 32.3 Å². The van der Waals surface area contributed by atoms with Gasteiger partial charge in [-0.15, -0.1) is 0 Å². The highest BCUT2D eigenvalue weighted by molar-refractivity contribution is 9.10. The molecule has 1 aromatic carbocycles. The van der Waals surface area contributed by atoms with Gasteiger partial charge in [0.05, 0.1) is 17.1 Å². The van der Waals surface area contributed by atoms with E-state index in [9.17, 15) is 4.39 Å². The molecule has 1 unspecified atom stereocenters. The molecule has 2 aliphatic rings. The lowest BCUT2D eigenvalue weighted by Gasteiger charge is -2.36. The van der Waals surface area contributed by atoms with Gasteiger partial charge in [0.2, 0.25) is 0 Å². The van der Waals surface area contributed by atoms with Gasteiger partial charge in [0.25, 0.3) is 0 Å². The minimum absolute atomic E-state index is 0.219. The topological polar surface area (TPSA) is 59.6 Å². The molecule has 2 fully saturated rings. The number of nitrogens with zero attached hydrogens (tertiary/aromatic N) is 1. The maximum Gasteiger partial charge on any atom is 0.188 e. The first-order valence-corrected chi connectivity index (χ1v) is 8.54. The van der Waals surface area contributed by atoms with Gasteiger partial charge in [-0.3, -0.25) is 4.99 Å². The van der Waals surface area contributed by atoms with Gasteiger partial charge >= 0.3 is 0 Å². The van der Waals surface area contributed by atoms with Crippen molar-refractivity contribution < 1.29 is 9.13 Å². The molecule has 3 N–H and O–H groups in total. The van der Waals surface area contributed by atoms with Gasteiger partial charge in [-0.1, -0.05) is 6.07 Å². The van der Waals surface area contributed by atoms with Crippen LogP contribution in [0, 0.1) is 5.82 Å². The van der Waals surface area contributed by atoms with Gasteiger partial charge in [0, 0.05) is 12.6 Å². The molecule has 3 rings (SSSR count). The zero-order valence-corrected chi connectivity index (χ0v) is 14.0. The second-order valence-corrected chi connectivity index (χ2v) is 6.90. The van der Waals surface area contributed by atoms with E-state index in [2.05, 4.69) is 26.2 Å². The molecule has 120 valence electrons. The van der Waals surface area contributed by atoms with Crippen molar-refractivity contribution in [1.29, 1.82) is 0 Å². The fraction of sp³-hybridized carbons (Fsp3) is 0.562. The lowest BCUT2D eigenvalue weighted by atomic mass is 9.76. The Labute approximate surface area is 138 Å². The van der Waals surface area contributed by atoms with Crippen LogP contribution in [0.5, 0.6) is 0 Å². The molecule has 0 amide bonds. The fourth-order valence-corrected chi connectivity index (χ4v) is 3.41. The molecule has 1 aromatic rings. The Bertz CT molecular complexity index is 554. The standard InChI is InChI=1S/C16H21BrFN3O/c17-14-8-10(3-4-15(14)18)11-6-12(7-11)21-16(19)20-9-13-2-1-5-22-13/h3-4,8,11-13H,1-2,5-7,9H2,(H3,19,20,21).